The average molecular weight is 466 g/mol. The van der Waals surface area contributed by atoms with Crippen molar-refractivity contribution in [3.63, 3.8) is 0 Å². The molecule has 0 heterocycles. The number of hydrogen-bond donors (Lipinski definition) is 0. The van der Waals surface area contributed by atoms with E-state index in [-0.39, 0.29) is 11.1 Å². The van der Waals surface area contributed by atoms with Crippen LogP contribution in [0.15, 0.2) is 121 Å². The van der Waals surface area contributed by atoms with Crippen LogP contribution in [0.5, 0.6) is 0 Å². The summed E-state index contributed by atoms with van der Waals surface area (Å²) in [6.07, 6.45) is 0. The second-order valence-electron chi connectivity index (χ2n) is 8.24. The van der Waals surface area contributed by atoms with Gasteiger partial charge in [-0.25, -0.2) is 4.39 Å². The highest BCUT2D eigenvalue weighted by Gasteiger charge is 2.18. The van der Waals surface area contributed by atoms with E-state index in [9.17, 15) is 14.9 Å². The van der Waals surface area contributed by atoms with Gasteiger partial charge in [-0.15, -0.1) is 0 Å². The zero-order valence-corrected chi connectivity index (χ0v) is 19.3. The van der Waals surface area contributed by atoms with Crippen LogP contribution in [0.3, 0.4) is 0 Å². The Bertz CT molecular complexity index is 1560. The lowest BCUT2D eigenvalue weighted by molar-refractivity contribution is 0.620. The molecule has 36 heavy (non-hydrogen) atoms. The summed E-state index contributed by atoms with van der Waals surface area (Å²) in [5.41, 5.74) is 6.07. The summed E-state index contributed by atoms with van der Waals surface area (Å²) in [5, 5.41) is 19.0. The maximum absolute atomic E-state index is 14.6. The number of nitriles is 2. The van der Waals surface area contributed by atoms with Crippen molar-refractivity contribution >= 4 is 17.1 Å². The molecule has 0 spiro atoms. The van der Waals surface area contributed by atoms with Crippen LogP contribution >= 0.6 is 0 Å². The van der Waals surface area contributed by atoms with Crippen LogP contribution in [0.1, 0.15) is 11.1 Å². The van der Waals surface area contributed by atoms with Gasteiger partial charge in [-0.05, 0) is 58.7 Å². The highest BCUT2D eigenvalue weighted by Crippen LogP contribution is 2.38. The van der Waals surface area contributed by atoms with Crippen molar-refractivity contribution in [3.8, 4) is 34.4 Å². The number of nitrogens with zero attached hydrogens (tertiary/aromatic N) is 3. The fourth-order valence-corrected chi connectivity index (χ4v) is 4.24. The van der Waals surface area contributed by atoms with Crippen molar-refractivity contribution in [1.82, 2.24) is 0 Å². The zero-order valence-electron chi connectivity index (χ0n) is 19.3. The lowest BCUT2D eigenvalue weighted by Gasteiger charge is -2.26. The molecule has 0 saturated heterocycles. The molecule has 0 radical (unpaired) electrons. The summed E-state index contributed by atoms with van der Waals surface area (Å²) in [6, 6.07) is 42.8. The molecule has 0 aliphatic carbocycles. The number of hydrogen-bond acceptors (Lipinski definition) is 3. The number of benzene rings is 5. The molecule has 5 aromatic rings. The van der Waals surface area contributed by atoms with E-state index in [0.717, 1.165) is 33.6 Å². The first-order valence-electron chi connectivity index (χ1n) is 11.4. The second-order valence-corrected chi connectivity index (χ2v) is 8.24. The van der Waals surface area contributed by atoms with Gasteiger partial charge in [-0.3, -0.25) is 0 Å². The van der Waals surface area contributed by atoms with Crippen molar-refractivity contribution in [2.45, 2.75) is 0 Å². The molecule has 0 bridgehead atoms. The molecule has 0 atom stereocenters. The van der Waals surface area contributed by atoms with Gasteiger partial charge in [0.25, 0.3) is 0 Å². The second kappa shape index (κ2) is 9.97. The van der Waals surface area contributed by atoms with E-state index < -0.39 is 5.82 Å². The SMILES string of the molecule is N#Cc1cc(N(c2ccc(-c3ccccc3)cc2)c2cccc(-c3ccccc3)c2)cc(C#N)c1F. The fraction of sp³-hybridized carbons (Fsp3) is 0. The molecule has 3 nitrogen and oxygen atoms in total. The van der Waals surface area contributed by atoms with E-state index in [1.165, 1.54) is 12.1 Å². The Hall–Kier alpha value is -5.19. The number of rotatable bonds is 5. The summed E-state index contributed by atoms with van der Waals surface area (Å²) in [4.78, 5) is 1.93. The summed E-state index contributed by atoms with van der Waals surface area (Å²) < 4.78 is 14.6. The molecular formula is C32H20FN3. The molecule has 0 unspecified atom stereocenters. The van der Waals surface area contributed by atoms with Crippen molar-refractivity contribution in [2.24, 2.45) is 0 Å². The highest BCUT2D eigenvalue weighted by atomic mass is 19.1. The molecule has 5 aromatic carbocycles. The molecule has 0 amide bonds. The maximum Gasteiger partial charge on any atom is 0.158 e. The van der Waals surface area contributed by atoms with Crippen LogP contribution in [0, 0.1) is 28.5 Å². The van der Waals surface area contributed by atoms with Gasteiger partial charge in [-0.1, -0.05) is 84.9 Å². The molecule has 0 aromatic heterocycles. The van der Waals surface area contributed by atoms with E-state index in [4.69, 9.17) is 0 Å². The Morgan fingerprint density at radius 3 is 1.53 bits per heavy atom. The van der Waals surface area contributed by atoms with Crippen LogP contribution in [-0.4, -0.2) is 0 Å². The first-order chi connectivity index (χ1) is 17.7. The van der Waals surface area contributed by atoms with Gasteiger partial charge in [0.05, 0.1) is 11.1 Å². The quantitative estimate of drug-likeness (QED) is 0.262. The molecule has 170 valence electrons. The fourth-order valence-electron chi connectivity index (χ4n) is 4.24. The topological polar surface area (TPSA) is 50.8 Å². The summed E-state index contributed by atoms with van der Waals surface area (Å²) in [7, 11) is 0. The van der Waals surface area contributed by atoms with Crippen LogP contribution in [-0.2, 0) is 0 Å². The average Bonchev–Trinajstić information content (AvgIpc) is 2.95. The van der Waals surface area contributed by atoms with Gasteiger partial charge < -0.3 is 4.90 Å². The molecular weight excluding hydrogens is 445 g/mol. The predicted octanol–water partition coefficient (Wildman–Crippen LogP) is 8.37. The third-order valence-corrected chi connectivity index (χ3v) is 6.00. The van der Waals surface area contributed by atoms with Crippen LogP contribution in [0.2, 0.25) is 0 Å². The summed E-state index contributed by atoms with van der Waals surface area (Å²) in [6.45, 7) is 0. The van der Waals surface area contributed by atoms with Crippen molar-refractivity contribution in [2.75, 3.05) is 4.90 Å². The number of halogens is 1. The van der Waals surface area contributed by atoms with Crippen molar-refractivity contribution in [3.05, 3.63) is 138 Å². The third-order valence-electron chi connectivity index (χ3n) is 6.00. The molecule has 4 heteroatoms. The van der Waals surface area contributed by atoms with Gasteiger partial charge in [0, 0.05) is 17.1 Å². The molecule has 0 aliphatic heterocycles. The molecule has 0 N–H and O–H groups in total. The minimum Gasteiger partial charge on any atom is -0.310 e. The molecule has 5 rings (SSSR count). The van der Waals surface area contributed by atoms with Crippen LogP contribution in [0.25, 0.3) is 22.3 Å². The van der Waals surface area contributed by atoms with Crippen molar-refractivity contribution < 1.29 is 4.39 Å². The minimum atomic E-state index is -0.804. The normalized spacial score (nSPS) is 10.3. The lowest BCUT2D eigenvalue weighted by Crippen LogP contribution is -2.11. The third kappa shape index (κ3) is 4.44. The first kappa shape index (κ1) is 22.6. The van der Waals surface area contributed by atoms with E-state index in [1.54, 1.807) is 0 Å². The minimum absolute atomic E-state index is 0.172. The zero-order chi connectivity index (χ0) is 24.9. The Kier molecular flexibility index (Phi) is 6.26. The van der Waals surface area contributed by atoms with Gasteiger partial charge >= 0.3 is 0 Å². The molecule has 0 aliphatic rings. The molecule has 0 fully saturated rings. The monoisotopic (exact) mass is 465 g/mol. The largest absolute Gasteiger partial charge is 0.310 e. The Balaban J connectivity index is 1.67. The standard InChI is InChI=1S/C32H20FN3/c33-32-27(21-34)19-31(20-28(32)22-35)36(29-16-14-25(15-17-29)23-8-3-1-4-9-23)30-13-7-12-26(18-30)24-10-5-2-6-11-24/h1-20H. The predicted molar refractivity (Wildman–Crippen MR) is 141 cm³/mol. The van der Waals surface area contributed by atoms with Crippen LogP contribution < -0.4 is 4.90 Å². The van der Waals surface area contributed by atoms with Gasteiger partial charge in [-0.2, -0.15) is 10.5 Å². The first-order valence-corrected chi connectivity index (χ1v) is 11.4. The molecule has 0 saturated carbocycles. The Labute approximate surface area is 209 Å². The Morgan fingerprint density at radius 2 is 0.972 bits per heavy atom. The van der Waals surface area contributed by atoms with Gasteiger partial charge in [0.15, 0.2) is 5.82 Å². The van der Waals surface area contributed by atoms with Gasteiger partial charge in [0.1, 0.15) is 12.1 Å². The maximum atomic E-state index is 14.6. The Morgan fingerprint density at radius 1 is 0.472 bits per heavy atom. The van der Waals surface area contributed by atoms with Crippen molar-refractivity contribution in [1.29, 1.82) is 10.5 Å². The van der Waals surface area contributed by atoms with E-state index >= 15 is 0 Å². The lowest BCUT2D eigenvalue weighted by atomic mass is 10.0. The van der Waals surface area contributed by atoms with Crippen LogP contribution in [0.4, 0.5) is 21.5 Å². The number of anilines is 3. The van der Waals surface area contributed by atoms with Gasteiger partial charge in [0.2, 0.25) is 0 Å². The summed E-state index contributed by atoms with van der Waals surface area (Å²) in [5.74, 6) is -0.804. The van der Waals surface area contributed by atoms with E-state index in [0.29, 0.717) is 5.69 Å². The van der Waals surface area contributed by atoms with E-state index in [1.807, 2.05) is 114 Å². The smallest absolute Gasteiger partial charge is 0.158 e. The van der Waals surface area contributed by atoms with E-state index in [2.05, 4.69) is 12.1 Å². The highest BCUT2D eigenvalue weighted by molar-refractivity contribution is 5.82. The summed E-state index contributed by atoms with van der Waals surface area (Å²) >= 11 is 0.